The molecule has 1 amide bonds. The van der Waals surface area contributed by atoms with Crippen molar-refractivity contribution in [2.24, 2.45) is 5.92 Å². The summed E-state index contributed by atoms with van der Waals surface area (Å²) in [4.78, 5) is 15.8. The zero-order chi connectivity index (χ0) is 11.9. The van der Waals surface area contributed by atoms with E-state index >= 15 is 0 Å². The van der Waals surface area contributed by atoms with E-state index in [0.29, 0.717) is 0 Å². The lowest BCUT2D eigenvalue weighted by atomic mass is 9.94. The Labute approximate surface area is 102 Å². The van der Waals surface area contributed by atoms with Gasteiger partial charge in [-0.2, -0.15) is 0 Å². The molecule has 4 heteroatoms. The molecule has 0 aliphatic heterocycles. The van der Waals surface area contributed by atoms with Crippen LogP contribution in [0.1, 0.15) is 25.7 Å². The van der Waals surface area contributed by atoms with Crippen molar-refractivity contribution in [3.63, 3.8) is 0 Å². The third-order valence-electron chi connectivity index (χ3n) is 3.09. The van der Waals surface area contributed by atoms with E-state index in [9.17, 15) is 4.79 Å². The highest BCUT2D eigenvalue weighted by atomic mass is 16.1. The molecule has 1 aromatic heterocycles. The average Bonchev–Trinajstić information content (AvgIpc) is 2.88. The molecule has 1 aliphatic rings. The lowest BCUT2D eigenvalue weighted by Crippen LogP contribution is -2.32. The fourth-order valence-electron chi connectivity index (χ4n) is 2.07. The maximum Gasteiger partial charge on any atom is 0.223 e. The molecule has 1 aliphatic carbocycles. The van der Waals surface area contributed by atoms with Crippen LogP contribution in [0.2, 0.25) is 0 Å². The summed E-state index contributed by atoms with van der Waals surface area (Å²) in [6, 6.07) is 0. The van der Waals surface area contributed by atoms with Gasteiger partial charge in [-0.1, -0.05) is 12.2 Å². The normalized spacial score (nSPS) is 19.2. The Morgan fingerprint density at radius 1 is 1.47 bits per heavy atom. The SMILES string of the molecule is O=C(NCCCn1ccnc1)[C@@H]1CC=CCC1. The number of aryl methyl sites for hydroxylation is 1. The molecular weight excluding hydrogens is 214 g/mol. The highest BCUT2D eigenvalue weighted by Crippen LogP contribution is 2.17. The summed E-state index contributed by atoms with van der Waals surface area (Å²) in [7, 11) is 0. The molecule has 1 N–H and O–H groups in total. The van der Waals surface area contributed by atoms with E-state index in [1.807, 2.05) is 10.8 Å². The molecule has 0 aromatic carbocycles. The van der Waals surface area contributed by atoms with Crippen LogP contribution in [-0.2, 0) is 11.3 Å². The molecule has 0 spiro atoms. The van der Waals surface area contributed by atoms with Crippen molar-refractivity contribution in [1.82, 2.24) is 14.9 Å². The fraction of sp³-hybridized carbons (Fsp3) is 0.538. The van der Waals surface area contributed by atoms with Crippen LogP contribution in [-0.4, -0.2) is 22.0 Å². The molecule has 0 saturated heterocycles. The Morgan fingerprint density at radius 2 is 2.41 bits per heavy atom. The highest BCUT2D eigenvalue weighted by molar-refractivity contribution is 5.78. The van der Waals surface area contributed by atoms with Crippen LogP contribution in [0.5, 0.6) is 0 Å². The van der Waals surface area contributed by atoms with Gasteiger partial charge in [-0.3, -0.25) is 4.79 Å². The first kappa shape index (κ1) is 11.9. The lowest BCUT2D eigenvalue weighted by molar-refractivity contribution is -0.125. The van der Waals surface area contributed by atoms with Crippen LogP contribution in [0.3, 0.4) is 0 Å². The van der Waals surface area contributed by atoms with Crippen LogP contribution >= 0.6 is 0 Å². The van der Waals surface area contributed by atoms with Gasteiger partial charge in [0.1, 0.15) is 0 Å². The van der Waals surface area contributed by atoms with E-state index < -0.39 is 0 Å². The van der Waals surface area contributed by atoms with Gasteiger partial charge < -0.3 is 9.88 Å². The van der Waals surface area contributed by atoms with Gasteiger partial charge in [0.15, 0.2) is 0 Å². The zero-order valence-electron chi connectivity index (χ0n) is 10.0. The maximum atomic E-state index is 11.8. The van der Waals surface area contributed by atoms with Gasteiger partial charge in [-0.05, 0) is 25.7 Å². The number of hydrogen-bond acceptors (Lipinski definition) is 2. The van der Waals surface area contributed by atoms with E-state index in [0.717, 1.165) is 38.8 Å². The maximum absolute atomic E-state index is 11.8. The number of aromatic nitrogens is 2. The van der Waals surface area contributed by atoms with Crippen LogP contribution in [0, 0.1) is 5.92 Å². The minimum Gasteiger partial charge on any atom is -0.356 e. The molecule has 1 atom stereocenters. The van der Waals surface area contributed by atoms with Crippen LogP contribution in [0.15, 0.2) is 30.9 Å². The molecule has 2 rings (SSSR count). The quantitative estimate of drug-likeness (QED) is 0.622. The van der Waals surface area contributed by atoms with E-state index in [2.05, 4.69) is 22.5 Å². The molecule has 1 aromatic rings. The zero-order valence-corrected chi connectivity index (χ0v) is 10.0. The summed E-state index contributed by atoms with van der Waals surface area (Å²) >= 11 is 0. The van der Waals surface area contributed by atoms with E-state index in [-0.39, 0.29) is 11.8 Å². The first-order chi connectivity index (χ1) is 8.36. The summed E-state index contributed by atoms with van der Waals surface area (Å²) < 4.78 is 2.02. The number of carbonyl (C=O) groups excluding carboxylic acids is 1. The molecular formula is C13H19N3O. The van der Waals surface area contributed by atoms with Crippen molar-refractivity contribution >= 4 is 5.91 Å². The van der Waals surface area contributed by atoms with E-state index in [1.165, 1.54) is 0 Å². The molecule has 92 valence electrons. The van der Waals surface area contributed by atoms with Crippen molar-refractivity contribution in [3.8, 4) is 0 Å². The lowest BCUT2D eigenvalue weighted by Gasteiger charge is -2.17. The number of allylic oxidation sites excluding steroid dienone is 2. The molecule has 0 unspecified atom stereocenters. The smallest absolute Gasteiger partial charge is 0.223 e. The van der Waals surface area contributed by atoms with Gasteiger partial charge in [0.05, 0.1) is 6.33 Å². The largest absolute Gasteiger partial charge is 0.356 e. The topological polar surface area (TPSA) is 46.9 Å². The van der Waals surface area contributed by atoms with Crippen LogP contribution < -0.4 is 5.32 Å². The molecule has 0 fully saturated rings. The summed E-state index contributed by atoms with van der Waals surface area (Å²) in [5.74, 6) is 0.397. The monoisotopic (exact) mass is 233 g/mol. The second-order valence-corrected chi connectivity index (χ2v) is 4.43. The molecule has 0 saturated carbocycles. The Hall–Kier alpha value is -1.58. The summed E-state index contributed by atoms with van der Waals surface area (Å²) in [6.45, 7) is 1.65. The molecule has 4 nitrogen and oxygen atoms in total. The van der Waals surface area contributed by atoms with Crippen molar-refractivity contribution in [2.75, 3.05) is 6.54 Å². The first-order valence-corrected chi connectivity index (χ1v) is 6.25. The molecule has 17 heavy (non-hydrogen) atoms. The van der Waals surface area contributed by atoms with Crippen molar-refractivity contribution in [1.29, 1.82) is 0 Å². The number of rotatable bonds is 5. The van der Waals surface area contributed by atoms with Crippen molar-refractivity contribution < 1.29 is 4.79 Å². The predicted octanol–water partition coefficient (Wildman–Crippen LogP) is 1.75. The van der Waals surface area contributed by atoms with Gasteiger partial charge in [0.25, 0.3) is 0 Å². The first-order valence-electron chi connectivity index (χ1n) is 6.25. The summed E-state index contributed by atoms with van der Waals surface area (Å²) in [5.41, 5.74) is 0. The van der Waals surface area contributed by atoms with E-state index in [1.54, 1.807) is 12.5 Å². The van der Waals surface area contributed by atoms with Crippen LogP contribution in [0.25, 0.3) is 0 Å². The fourth-order valence-corrected chi connectivity index (χ4v) is 2.07. The van der Waals surface area contributed by atoms with E-state index in [4.69, 9.17) is 0 Å². The number of imidazole rings is 1. The number of nitrogens with one attached hydrogen (secondary N) is 1. The summed E-state index contributed by atoms with van der Waals surface area (Å²) in [6.07, 6.45) is 13.6. The Morgan fingerprint density at radius 3 is 3.12 bits per heavy atom. The molecule has 0 bridgehead atoms. The predicted molar refractivity (Wildman–Crippen MR) is 66.3 cm³/mol. The second-order valence-electron chi connectivity index (χ2n) is 4.43. The van der Waals surface area contributed by atoms with Gasteiger partial charge in [-0.25, -0.2) is 4.98 Å². The van der Waals surface area contributed by atoms with Crippen molar-refractivity contribution in [3.05, 3.63) is 30.9 Å². The van der Waals surface area contributed by atoms with Gasteiger partial charge in [-0.15, -0.1) is 0 Å². The standard InChI is InChI=1S/C13H19N3O/c17-13(12-5-2-1-3-6-12)15-7-4-9-16-10-8-14-11-16/h1-2,8,10-12H,3-7,9H2,(H,15,17)/t12-/m1/s1. The Balaban J connectivity index is 1.61. The van der Waals surface area contributed by atoms with Gasteiger partial charge >= 0.3 is 0 Å². The number of amides is 1. The average molecular weight is 233 g/mol. The summed E-state index contributed by atoms with van der Waals surface area (Å²) in [5, 5.41) is 3.01. The van der Waals surface area contributed by atoms with Gasteiger partial charge in [0.2, 0.25) is 5.91 Å². The molecule has 0 radical (unpaired) electrons. The number of nitrogens with zero attached hydrogens (tertiary/aromatic N) is 2. The number of hydrogen-bond donors (Lipinski definition) is 1. The van der Waals surface area contributed by atoms with Gasteiger partial charge in [0, 0.05) is 31.4 Å². The number of carbonyl (C=O) groups is 1. The highest BCUT2D eigenvalue weighted by Gasteiger charge is 2.17. The Bertz CT molecular complexity index is 370. The third-order valence-corrected chi connectivity index (χ3v) is 3.09. The second kappa shape index (κ2) is 6.23. The third kappa shape index (κ3) is 3.73. The molecule has 1 heterocycles. The van der Waals surface area contributed by atoms with Crippen molar-refractivity contribution in [2.45, 2.75) is 32.2 Å². The van der Waals surface area contributed by atoms with Crippen LogP contribution in [0.4, 0.5) is 0 Å². The Kier molecular flexibility index (Phi) is 4.36. The minimum atomic E-state index is 0.188. The minimum absolute atomic E-state index is 0.188.